The molecule has 0 radical (unpaired) electrons. The standard InChI is InChI=1S/C35H44ClN5O4/c1-23(2)45-32-19-30-26(17-31(32)44-4)18-34(42)41(35(30)25-7-9-27(36)10-8-25)33-14-13-29(20-37-33)38(3)21-24-5-11-28(12-6-24)39-15-16-40(43)22-39/h7-10,13-14,17,19-20,23-24,28,35,40H,5-6,11-12,15-16,18,21-22H2,1-4H3/t24?,28?,35-/m0/s1. The van der Waals surface area contributed by atoms with Crippen LogP contribution in [0.4, 0.5) is 11.5 Å². The van der Waals surface area contributed by atoms with Crippen LogP contribution in [0.2, 0.25) is 5.02 Å². The van der Waals surface area contributed by atoms with Gasteiger partial charge in [0.05, 0.1) is 50.7 Å². The molecule has 1 aliphatic carbocycles. The Kier molecular flexibility index (Phi) is 9.52. The van der Waals surface area contributed by atoms with Gasteiger partial charge < -0.3 is 24.6 Å². The quantitative estimate of drug-likeness (QED) is 0.337. The van der Waals surface area contributed by atoms with Gasteiger partial charge in [-0.2, -0.15) is 0 Å². The average Bonchev–Trinajstić information content (AvgIpc) is 3.47. The zero-order valence-electron chi connectivity index (χ0n) is 26.7. The van der Waals surface area contributed by atoms with Crippen LogP contribution in [-0.4, -0.2) is 68.4 Å². The highest BCUT2D eigenvalue weighted by atomic mass is 35.5. The predicted octanol–water partition coefficient (Wildman–Crippen LogP) is 4.86. The molecule has 0 spiro atoms. The third kappa shape index (κ3) is 6.92. The van der Waals surface area contributed by atoms with Crippen molar-refractivity contribution in [1.29, 1.82) is 0 Å². The summed E-state index contributed by atoms with van der Waals surface area (Å²) in [7, 11) is 3.73. The predicted molar refractivity (Wildman–Crippen MR) is 177 cm³/mol. The normalized spacial score (nSPS) is 23.7. The molecule has 2 atom stereocenters. The van der Waals surface area contributed by atoms with Gasteiger partial charge in [0.1, 0.15) is 12.5 Å². The summed E-state index contributed by atoms with van der Waals surface area (Å²) < 4.78 is 11.8. The fraction of sp³-hybridized carbons (Fsp3) is 0.486. The molecule has 45 heavy (non-hydrogen) atoms. The van der Waals surface area contributed by atoms with E-state index in [4.69, 9.17) is 26.1 Å². The van der Waals surface area contributed by atoms with Gasteiger partial charge in [0, 0.05) is 24.7 Å². The summed E-state index contributed by atoms with van der Waals surface area (Å²) in [6, 6.07) is 15.7. The van der Waals surface area contributed by atoms with Gasteiger partial charge in [-0.1, -0.05) is 23.7 Å². The molecular formula is C35H44ClN5O4. The Morgan fingerprint density at radius 2 is 1.84 bits per heavy atom. The molecule has 1 saturated heterocycles. The first-order valence-corrected chi connectivity index (χ1v) is 16.5. The molecule has 6 rings (SSSR count). The van der Waals surface area contributed by atoms with Gasteiger partial charge in [-0.15, -0.1) is 0 Å². The lowest BCUT2D eigenvalue weighted by Gasteiger charge is -2.38. The van der Waals surface area contributed by atoms with Crippen molar-refractivity contribution in [3.63, 3.8) is 0 Å². The van der Waals surface area contributed by atoms with E-state index in [1.165, 1.54) is 12.8 Å². The molecule has 2 fully saturated rings. The lowest BCUT2D eigenvalue weighted by Crippen LogP contribution is -3.05. The molecule has 1 saturated carbocycles. The van der Waals surface area contributed by atoms with Crippen molar-refractivity contribution in [2.45, 2.75) is 64.1 Å². The first kappa shape index (κ1) is 31.6. The van der Waals surface area contributed by atoms with Gasteiger partial charge in [0.2, 0.25) is 5.91 Å². The molecule has 1 aromatic heterocycles. The minimum absolute atomic E-state index is 0.0351. The molecule has 3 aliphatic rings. The van der Waals surface area contributed by atoms with Crippen molar-refractivity contribution in [2.24, 2.45) is 5.92 Å². The van der Waals surface area contributed by atoms with E-state index >= 15 is 0 Å². The minimum Gasteiger partial charge on any atom is -0.633 e. The molecular weight excluding hydrogens is 590 g/mol. The molecule has 1 N–H and O–H groups in total. The molecule has 10 heteroatoms. The van der Waals surface area contributed by atoms with Gasteiger partial charge in [-0.05, 0) is 98.5 Å². The van der Waals surface area contributed by atoms with E-state index in [1.54, 1.807) is 12.0 Å². The van der Waals surface area contributed by atoms with Gasteiger partial charge in [0.15, 0.2) is 11.5 Å². The Morgan fingerprint density at radius 1 is 1.09 bits per heavy atom. The summed E-state index contributed by atoms with van der Waals surface area (Å²) in [6.45, 7) is 7.20. The highest BCUT2D eigenvalue weighted by Gasteiger charge is 2.37. The molecule has 9 nitrogen and oxygen atoms in total. The maximum Gasteiger partial charge on any atom is 0.233 e. The molecule has 2 aromatic carbocycles. The molecule has 3 heterocycles. The zero-order chi connectivity index (χ0) is 31.7. The third-order valence-electron chi connectivity index (χ3n) is 9.48. The van der Waals surface area contributed by atoms with E-state index in [-0.39, 0.29) is 18.4 Å². The number of amides is 1. The lowest BCUT2D eigenvalue weighted by atomic mass is 9.85. The summed E-state index contributed by atoms with van der Waals surface area (Å²) >= 11 is 6.27. The maximum atomic E-state index is 13.8. The van der Waals surface area contributed by atoms with Crippen molar-refractivity contribution < 1.29 is 19.3 Å². The number of carbonyl (C=O) groups excluding carboxylic acids is 1. The second kappa shape index (κ2) is 13.5. The summed E-state index contributed by atoms with van der Waals surface area (Å²) in [6.07, 6.45) is 6.72. The first-order valence-electron chi connectivity index (χ1n) is 16.1. The van der Waals surface area contributed by atoms with Crippen molar-refractivity contribution in [1.82, 2.24) is 9.88 Å². The number of anilines is 2. The van der Waals surface area contributed by atoms with Crippen LogP contribution in [0.25, 0.3) is 0 Å². The Labute approximate surface area is 271 Å². The lowest BCUT2D eigenvalue weighted by molar-refractivity contribution is -0.839. The molecule has 1 unspecified atom stereocenters. The number of halogens is 1. The number of benzene rings is 2. The number of fused-ring (bicyclic) bond motifs is 1. The average molecular weight is 634 g/mol. The molecule has 0 bridgehead atoms. The molecule has 2 aliphatic heterocycles. The summed E-state index contributed by atoms with van der Waals surface area (Å²) in [5.74, 6) is 2.44. The number of quaternary nitrogens is 1. The number of nitrogens with one attached hydrogen (secondary N) is 1. The van der Waals surface area contributed by atoms with Crippen LogP contribution in [0.3, 0.4) is 0 Å². The van der Waals surface area contributed by atoms with Crippen LogP contribution < -0.4 is 24.3 Å². The Bertz CT molecular complexity index is 1480. The number of nitrogens with zero attached hydrogens (tertiary/aromatic N) is 4. The van der Waals surface area contributed by atoms with Crippen molar-refractivity contribution in [3.05, 3.63) is 81.6 Å². The highest BCUT2D eigenvalue weighted by molar-refractivity contribution is 6.30. The van der Waals surface area contributed by atoms with Crippen LogP contribution >= 0.6 is 11.6 Å². The second-order valence-corrected chi connectivity index (χ2v) is 13.4. The number of carbonyl (C=O) groups is 1. The van der Waals surface area contributed by atoms with Gasteiger partial charge >= 0.3 is 0 Å². The number of methoxy groups -OCH3 is 1. The zero-order valence-corrected chi connectivity index (χ0v) is 27.4. The largest absolute Gasteiger partial charge is 0.633 e. The van der Waals surface area contributed by atoms with Crippen LogP contribution in [0.1, 0.15) is 62.3 Å². The number of pyridine rings is 1. The van der Waals surface area contributed by atoms with Crippen LogP contribution in [-0.2, 0) is 11.2 Å². The fourth-order valence-electron chi connectivity index (χ4n) is 7.19. The summed E-state index contributed by atoms with van der Waals surface area (Å²) in [4.78, 5) is 25.2. The van der Waals surface area contributed by atoms with Gasteiger partial charge in [-0.25, -0.2) is 9.88 Å². The van der Waals surface area contributed by atoms with E-state index in [0.29, 0.717) is 52.6 Å². The van der Waals surface area contributed by atoms with E-state index < -0.39 is 6.04 Å². The smallest absolute Gasteiger partial charge is 0.233 e. The Morgan fingerprint density at radius 3 is 2.47 bits per heavy atom. The van der Waals surface area contributed by atoms with E-state index in [9.17, 15) is 10.0 Å². The van der Waals surface area contributed by atoms with Crippen molar-refractivity contribution in [3.8, 4) is 11.5 Å². The fourth-order valence-corrected chi connectivity index (χ4v) is 7.32. The number of hydroxylamine groups is 2. The van der Waals surface area contributed by atoms with E-state index in [0.717, 1.165) is 48.3 Å². The minimum atomic E-state index is -0.406. The Balaban J connectivity index is 1.22. The highest BCUT2D eigenvalue weighted by Crippen LogP contribution is 2.43. The number of hydrogen-bond donors (Lipinski definition) is 1. The molecule has 3 aromatic rings. The second-order valence-electron chi connectivity index (χ2n) is 13.0. The maximum absolute atomic E-state index is 13.8. The Hall–Kier alpha value is -3.37. The first-order chi connectivity index (χ1) is 21.7. The number of rotatable bonds is 9. The summed E-state index contributed by atoms with van der Waals surface area (Å²) in [5.41, 5.74) is 3.85. The number of aromatic nitrogens is 1. The molecule has 240 valence electrons. The monoisotopic (exact) mass is 633 g/mol. The van der Waals surface area contributed by atoms with Crippen molar-refractivity contribution in [2.75, 3.05) is 50.3 Å². The van der Waals surface area contributed by atoms with Crippen LogP contribution in [0.15, 0.2) is 54.7 Å². The van der Waals surface area contributed by atoms with Crippen LogP contribution in [0.5, 0.6) is 11.5 Å². The van der Waals surface area contributed by atoms with Gasteiger partial charge in [0.25, 0.3) is 0 Å². The third-order valence-corrected chi connectivity index (χ3v) is 9.73. The van der Waals surface area contributed by atoms with Crippen LogP contribution in [0, 0.1) is 11.1 Å². The topological polar surface area (TPSA) is 85.6 Å². The van der Waals surface area contributed by atoms with E-state index in [1.807, 2.05) is 62.5 Å². The SMILES string of the molecule is COc1cc2c(cc1OC(C)C)[C@H](c1ccc(Cl)cc1)N(c1ccc(N(C)CC3CCC(N4CC[NH+]([O-])C4)CC3)cn1)C(=O)C2. The number of ether oxygens (including phenoxy) is 2. The summed E-state index contributed by atoms with van der Waals surface area (Å²) in [5, 5.41) is 12.8. The number of hydrogen-bond acceptors (Lipinski definition) is 7. The van der Waals surface area contributed by atoms with Crippen molar-refractivity contribution >= 4 is 29.0 Å². The molecule has 1 amide bonds. The van der Waals surface area contributed by atoms with Gasteiger partial charge in [-0.3, -0.25) is 9.69 Å². The van der Waals surface area contributed by atoms with E-state index in [2.05, 4.69) is 22.9 Å².